The molecule has 114 valence electrons. The zero-order valence-corrected chi connectivity index (χ0v) is 13.4. The molecule has 0 radical (unpaired) electrons. The smallest absolute Gasteiger partial charge is 0.128 e. The fourth-order valence-corrected chi connectivity index (χ4v) is 1.94. The van der Waals surface area contributed by atoms with Gasteiger partial charge >= 0.3 is 0 Å². The van der Waals surface area contributed by atoms with Gasteiger partial charge in [0.15, 0.2) is 0 Å². The molecule has 20 heavy (non-hydrogen) atoms. The van der Waals surface area contributed by atoms with Crippen LogP contribution in [0.3, 0.4) is 0 Å². The summed E-state index contributed by atoms with van der Waals surface area (Å²) in [5.74, 6) is -0.187. The summed E-state index contributed by atoms with van der Waals surface area (Å²) in [6, 6.07) is 5.25. The summed E-state index contributed by atoms with van der Waals surface area (Å²) in [6.45, 7) is 11.6. The Balaban J connectivity index is 2.62. The van der Waals surface area contributed by atoms with Crippen LogP contribution in [0, 0.1) is 5.82 Å². The van der Waals surface area contributed by atoms with E-state index in [0.29, 0.717) is 12.2 Å². The van der Waals surface area contributed by atoms with E-state index in [4.69, 9.17) is 4.74 Å². The van der Waals surface area contributed by atoms with Crippen molar-refractivity contribution in [1.82, 2.24) is 5.32 Å². The fraction of sp³-hybridized carbons (Fsp3) is 0.647. The quantitative estimate of drug-likeness (QED) is 0.799. The summed E-state index contributed by atoms with van der Waals surface area (Å²) in [4.78, 5) is 0. The van der Waals surface area contributed by atoms with Gasteiger partial charge in [-0.1, -0.05) is 19.4 Å². The standard InChI is InChI=1S/C17H28FNO/c1-6-7-13(2)20-12-15-10-14(8-9-16(15)18)11-19-17(3,4)5/h8-10,13,19H,6-7,11-12H2,1-5H3. The predicted octanol–water partition coefficient (Wildman–Crippen LogP) is 4.42. The molecule has 1 N–H and O–H groups in total. The van der Waals surface area contributed by atoms with E-state index in [-0.39, 0.29) is 17.5 Å². The van der Waals surface area contributed by atoms with Crippen molar-refractivity contribution < 1.29 is 9.13 Å². The van der Waals surface area contributed by atoms with E-state index in [1.807, 2.05) is 19.1 Å². The second-order valence-electron chi connectivity index (χ2n) is 6.44. The molecule has 0 aliphatic heterocycles. The third kappa shape index (κ3) is 6.49. The lowest BCUT2D eigenvalue weighted by Gasteiger charge is -2.21. The second-order valence-corrected chi connectivity index (χ2v) is 6.44. The van der Waals surface area contributed by atoms with E-state index in [1.165, 1.54) is 6.07 Å². The van der Waals surface area contributed by atoms with Crippen molar-refractivity contribution in [1.29, 1.82) is 0 Å². The summed E-state index contributed by atoms with van der Waals surface area (Å²) >= 11 is 0. The van der Waals surface area contributed by atoms with Crippen LogP contribution >= 0.6 is 0 Å². The van der Waals surface area contributed by atoms with Crippen LogP contribution in [-0.4, -0.2) is 11.6 Å². The van der Waals surface area contributed by atoms with Crippen LogP contribution in [-0.2, 0) is 17.9 Å². The first-order chi connectivity index (χ1) is 9.31. The molecule has 0 aliphatic carbocycles. The molecule has 1 aromatic carbocycles. The lowest BCUT2D eigenvalue weighted by atomic mass is 10.1. The average Bonchev–Trinajstić information content (AvgIpc) is 2.35. The minimum absolute atomic E-state index is 0.0562. The minimum atomic E-state index is -0.187. The molecule has 2 nitrogen and oxygen atoms in total. The average molecular weight is 281 g/mol. The van der Waals surface area contributed by atoms with Crippen molar-refractivity contribution in [3.63, 3.8) is 0 Å². The highest BCUT2D eigenvalue weighted by atomic mass is 19.1. The molecule has 0 fully saturated rings. The molecule has 1 unspecified atom stereocenters. The van der Waals surface area contributed by atoms with Gasteiger partial charge in [0, 0.05) is 17.6 Å². The topological polar surface area (TPSA) is 21.3 Å². The van der Waals surface area contributed by atoms with Crippen LogP contribution in [0.4, 0.5) is 4.39 Å². The van der Waals surface area contributed by atoms with Gasteiger partial charge in [-0.3, -0.25) is 0 Å². The van der Waals surface area contributed by atoms with Crippen molar-refractivity contribution in [2.75, 3.05) is 0 Å². The van der Waals surface area contributed by atoms with Crippen LogP contribution in [0.25, 0.3) is 0 Å². The van der Waals surface area contributed by atoms with Gasteiger partial charge in [-0.05, 0) is 51.8 Å². The van der Waals surface area contributed by atoms with Crippen molar-refractivity contribution in [3.8, 4) is 0 Å². The van der Waals surface area contributed by atoms with E-state index >= 15 is 0 Å². The Hall–Kier alpha value is -0.930. The van der Waals surface area contributed by atoms with Crippen molar-refractivity contribution in [3.05, 3.63) is 35.1 Å². The van der Waals surface area contributed by atoms with E-state index < -0.39 is 0 Å². The summed E-state index contributed by atoms with van der Waals surface area (Å²) in [7, 11) is 0. The molecule has 1 atom stereocenters. The van der Waals surface area contributed by atoms with Crippen LogP contribution in [0.2, 0.25) is 0 Å². The Morgan fingerprint density at radius 3 is 2.60 bits per heavy atom. The van der Waals surface area contributed by atoms with Crippen LogP contribution < -0.4 is 5.32 Å². The van der Waals surface area contributed by atoms with Gasteiger partial charge < -0.3 is 10.1 Å². The largest absolute Gasteiger partial charge is 0.374 e. The molecule has 0 aliphatic rings. The normalized spacial score (nSPS) is 13.5. The molecule has 0 bridgehead atoms. The molecule has 3 heteroatoms. The highest BCUT2D eigenvalue weighted by Gasteiger charge is 2.10. The number of ether oxygens (including phenoxy) is 1. The zero-order chi connectivity index (χ0) is 15.2. The highest BCUT2D eigenvalue weighted by molar-refractivity contribution is 5.24. The number of nitrogens with one attached hydrogen (secondary N) is 1. The molecular weight excluding hydrogens is 253 g/mol. The summed E-state index contributed by atoms with van der Waals surface area (Å²) in [5.41, 5.74) is 1.78. The van der Waals surface area contributed by atoms with E-state index in [9.17, 15) is 4.39 Å². The highest BCUT2D eigenvalue weighted by Crippen LogP contribution is 2.14. The second kappa shape index (κ2) is 7.75. The first-order valence-electron chi connectivity index (χ1n) is 7.45. The number of hydrogen-bond donors (Lipinski definition) is 1. The molecule has 0 saturated carbocycles. The number of benzene rings is 1. The van der Waals surface area contributed by atoms with Gasteiger partial charge in [-0.2, -0.15) is 0 Å². The Labute approximate surface area is 122 Å². The Morgan fingerprint density at radius 2 is 2.00 bits per heavy atom. The molecule has 0 heterocycles. The first kappa shape index (κ1) is 17.1. The van der Waals surface area contributed by atoms with E-state index in [2.05, 4.69) is 33.0 Å². The fourth-order valence-electron chi connectivity index (χ4n) is 1.94. The maximum Gasteiger partial charge on any atom is 0.128 e. The molecular formula is C17H28FNO. The molecule has 0 aromatic heterocycles. The van der Waals surface area contributed by atoms with Crippen LogP contribution in [0.5, 0.6) is 0 Å². The Kier molecular flexibility index (Phi) is 6.63. The monoisotopic (exact) mass is 281 g/mol. The molecule has 0 amide bonds. The molecule has 0 saturated heterocycles. The maximum absolute atomic E-state index is 13.8. The zero-order valence-electron chi connectivity index (χ0n) is 13.4. The predicted molar refractivity (Wildman–Crippen MR) is 82.2 cm³/mol. The van der Waals surface area contributed by atoms with Crippen molar-refractivity contribution in [2.45, 2.75) is 72.3 Å². The lowest BCUT2D eigenvalue weighted by molar-refractivity contribution is 0.0455. The van der Waals surface area contributed by atoms with E-state index in [1.54, 1.807) is 0 Å². The van der Waals surface area contributed by atoms with Gasteiger partial charge in [-0.15, -0.1) is 0 Å². The maximum atomic E-state index is 13.8. The van der Waals surface area contributed by atoms with Gasteiger partial charge in [0.1, 0.15) is 5.82 Å². The van der Waals surface area contributed by atoms with Gasteiger partial charge in [-0.25, -0.2) is 4.39 Å². The van der Waals surface area contributed by atoms with Gasteiger partial charge in [0.05, 0.1) is 12.7 Å². The number of hydrogen-bond acceptors (Lipinski definition) is 2. The van der Waals surface area contributed by atoms with Crippen LogP contribution in [0.1, 0.15) is 58.6 Å². The van der Waals surface area contributed by atoms with Gasteiger partial charge in [0.25, 0.3) is 0 Å². The van der Waals surface area contributed by atoms with Crippen LogP contribution in [0.15, 0.2) is 18.2 Å². The lowest BCUT2D eigenvalue weighted by Crippen LogP contribution is -2.35. The minimum Gasteiger partial charge on any atom is -0.374 e. The van der Waals surface area contributed by atoms with E-state index in [0.717, 1.165) is 24.9 Å². The Morgan fingerprint density at radius 1 is 1.30 bits per heavy atom. The summed E-state index contributed by atoms with van der Waals surface area (Å²) < 4.78 is 19.5. The number of rotatable bonds is 7. The van der Waals surface area contributed by atoms with Gasteiger partial charge in [0.2, 0.25) is 0 Å². The third-order valence-corrected chi connectivity index (χ3v) is 3.15. The molecule has 0 spiro atoms. The van der Waals surface area contributed by atoms with Crippen molar-refractivity contribution >= 4 is 0 Å². The SMILES string of the molecule is CCCC(C)OCc1cc(CNC(C)(C)C)ccc1F. The third-order valence-electron chi connectivity index (χ3n) is 3.15. The Bertz CT molecular complexity index is 412. The molecule has 1 aromatic rings. The number of halogens is 1. The first-order valence-corrected chi connectivity index (χ1v) is 7.45. The summed E-state index contributed by atoms with van der Waals surface area (Å²) in [5, 5.41) is 3.41. The van der Waals surface area contributed by atoms with Crippen molar-refractivity contribution in [2.24, 2.45) is 0 Å². The molecule has 1 rings (SSSR count). The summed E-state index contributed by atoms with van der Waals surface area (Å²) in [6.07, 6.45) is 2.27.